The second-order valence-electron chi connectivity index (χ2n) is 3.43. The van der Waals surface area contributed by atoms with Crippen LogP contribution in [0.15, 0.2) is 6.33 Å². The SMILES string of the molecule is CCOC(CNc1ncnc(N)c1[N+](=O)[O-])OCC. The number of rotatable bonds is 8. The predicted molar refractivity (Wildman–Crippen MR) is 68.6 cm³/mol. The Morgan fingerprint density at radius 3 is 2.58 bits per heavy atom. The quantitative estimate of drug-likeness (QED) is 0.403. The first-order chi connectivity index (χ1) is 9.10. The smallest absolute Gasteiger partial charge is 0.352 e. The van der Waals surface area contributed by atoms with E-state index in [1.165, 1.54) is 0 Å². The number of hydrogen-bond acceptors (Lipinski definition) is 8. The van der Waals surface area contributed by atoms with Crippen LogP contribution < -0.4 is 11.1 Å². The van der Waals surface area contributed by atoms with Crippen LogP contribution in [0.3, 0.4) is 0 Å². The third-order valence-electron chi connectivity index (χ3n) is 2.17. The van der Waals surface area contributed by atoms with Crippen molar-refractivity contribution in [3.05, 3.63) is 16.4 Å². The number of nitrogens with one attached hydrogen (secondary N) is 1. The van der Waals surface area contributed by atoms with E-state index in [1.54, 1.807) is 0 Å². The third kappa shape index (κ3) is 4.30. The van der Waals surface area contributed by atoms with Gasteiger partial charge in [-0.25, -0.2) is 9.97 Å². The van der Waals surface area contributed by atoms with Crippen molar-refractivity contribution in [1.82, 2.24) is 9.97 Å². The molecule has 0 aromatic carbocycles. The normalized spacial score (nSPS) is 10.7. The molecule has 1 heterocycles. The summed E-state index contributed by atoms with van der Waals surface area (Å²) in [7, 11) is 0. The third-order valence-corrected chi connectivity index (χ3v) is 2.17. The zero-order valence-corrected chi connectivity index (χ0v) is 10.8. The Balaban J connectivity index is 2.76. The molecule has 0 saturated carbocycles. The van der Waals surface area contributed by atoms with E-state index in [1.807, 2.05) is 13.8 Å². The Kier molecular flexibility index (Phi) is 5.90. The number of nitro groups is 1. The molecule has 0 unspecified atom stereocenters. The van der Waals surface area contributed by atoms with E-state index in [-0.39, 0.29) is 23.9 Å². The van der Waals surface area contributed by atoms with Crippen molar-refractivity contribution in [1.29, 1.82) is 0 Å². The van der Waals surface area contributed by atoms with E-state index in [0.29, 0.717) is 13.2 Å². The van der Waals surface area contributed by atoms with E-state index >= 15 is 0 Å². The van der Waals surface area contributed by atoms with Gasteiger partial charge in [-0.3, -0.25) is 10.1 Å². The Morgan fingerprint density at radius 1 is 1.42 bits per heavy atom. The second kappa shape index (κ2) is 7.44. The molecule has 0 saturated heterocycles. The lowest BCUT2D eigenvalue weighted by molar-refractivity contribution is -0.383. The molecule has 0 fully saturated rings. The van der Waals surface area contributed by atoms with Gasteiger partial charge in [-0.05, 0) is 13.8 Å². The minimum atomic E-state index is -0.631. The number of nitrogens with two attached hydrogens (primary N) is 1. The van der Waals surface area contributed by atoms with E-state index in [4.69, 9.17) is 15.2 Å². The standard InChI is InChI=1S/C10H17N5O4/c1-3-18-7(19-4-2)5-12-10-8(15(16)17)9(11)13-6-14-10/h6-7H,3-5H2,1-2H3,(H3,11,12,13,14). The van der Waals surface area contributed by atoms with Crippen LogP contribution in [0.2, 0.25) is 0 Å². The molecule has 0 aliphatic heterocycles. The molecule has 0 atom stereocenters. The van der Waals surface area contributed by atoms with Gasteiger partial charge in [-0.15, -0.1) is 0 Å². The first-order valence-corrected chi connectivity index (χ1v) is 5.82. The number of nitrogens with zero attached hydrogens (tertiary/aromatic N) is 3. The topological polar surface area (TPSA) is 125 Å². The Labute approximate surface area is 110 Å². The first kappa shape index (κ1) is 15.1. The molecule has 0 aliphatic rings. The average Bonchev–Trinajstić information content (AvgIpc) is 2.36. The number of aromatic nitrogens is 2. The maximum absolute atomic E-state index is 10.9. The van der Waals surface area contributed by atoms with Crippen molar-refractivity contribution in [2.24, 2.45) is 0 Å². The molecule has 1 aromatic rings. The number of hydrogen-bond donors (Lipinski definition) is 2. The van der Waals surface area contributed by atoms with Gasteiger partial charge < -0.3 is 20.5 Å². The summed E-state index contributed by atoms with van der Waals surface area (Å²) >= 11 is 0. The molecule has 0 bridgehead atoms. The van der Waals surface area contributed by atoms with Crippen LogP contribution in [0, 0.1) is 10.1 Å². The van der Waals surface area contributed by atoms with Crippen LogP contribution >= 0.6 is 0 Å². The lowest BCUT2D eigenvalue weighted by Gasteiger charge is -2.17. The molecule has 0 aliphatic carbocycles. The van der Waals surface area contributed by atoms with E-state index in [0.717, 1.165) is 6.33 Å². The fraction of sp³-hybridized carbons (Fsp3) is 0.600. The van der Waals surface area contributed by atoms with Crippen molar-refractivity contribution in [3.8, 4) is 0 Å². The Hall–Kier alpha value is -2.00. The minimum Gasteiger partial charge on any atom is -0.378 e. The summed E-state index contributed by atoms with van der Waals surface area (Å²) in [6.07, 6.45) is 0.645. The van der Waals surface area contributed by atoms with Gasteiger partial charge in [0.2, 0.25) is 11.6 Å². The number of anilines is 2. The van der Waals surface area contributed by atoms with E-state index in [2.05, 4.69) is 15.3 Å². The summed E-state index contributed by atoms with van der Waals surface area (Å²) in [6, 6.07) is 0. The number of nitrogen functional groups attached to an aromatic ring is 1. The molecule has 9 heteroatoms. The van der Waals surface area contributed by atoms with Crippen LogP contribution in [0.5, 0.6) is 0 Å². The molecule has 0 spiro atoms. The van der Waals surface area contributed by atoms with E-state index < -0.39 is 11.2 Å². The van der Waals surface area contributed by atoms with Gasteiger partial charge in [0.05, 0.1) is 11.5 Å². The monoisotopic (exact) mass is 271 g/mol. The zero-order valence-electron chi connectivity index (χ0n) is 10.8. The Morgan fingerprint density at radius 2 is 2.05 bits per heavy atom. The zero-order chi connectivity index (χ0) is 14.3. The molecule has 0 amide bonds. The van der Waals surface area contributed by atoms with Crippen molar-refractivity contribution in [3.63, 3.8) is 0 Å². The van der Waals surface area contributed by atoms with Gasteiger partial charge in [0.1, 0.15) is 6.33 Å². The Bertz CT molecular complexity index is 422. The molecule has 19 heavy (non-hydrogen) atoms. The molecular formula is C10H17N5O4. The van der Waals surface area contributed by atoms with Crippen molar-refractivity contribution in [2.75, 3.05) is 30.8 Å². The lowest BCUT2D eigenvalue weighted by atomic mass is 10.4. The summed E-state index contributed by atoms with van der Waals surface area (Å²) in [4.78, 5) is 17.6. The molecule has 3 N–H and O–H groups in total. The van der Waals surface area contributed by atoms with Gasteiger partial charge in [-0.2, -0.15) is 0 Å². The second-order valence-corrected chi connectivity index (χ2v) is 3.43. The molecule has 0 radical (unpaired) electrons. The molecule has 106 valence electrons. The van der Waals surface area contributed by atoms with Gasteiger partial charge >= 0.3 is 5.69 Å². The fourth-order valence-corrected chi connectivity index (χ4v) is 1.42. The number of ether oxygens (including phenoxy) is 2. The highest BCUT2D eigenvalue weighted by molar-refractivity contribution is 5.67. The maximum Gasteiger partial charge on any atom is 0.352 e. The largest absolute Gasteiger partial charge is 0.378 e. The summed E-state index contributed by atoms with van der Waals surface area (Å²) in [5.74, 6) is -0.145. The van der Waals surface area contributed by atoms with Gasteiger partial charge in [0.15, 0.2) is 6.29 Å². The maximum atomic E-state index is 10.9. The van der Waals surface area contributed by atoms with Gasteiger partial charge in [0, 0.05) is 13.2 Å². The van der Waals surface area contributed by atoms with Crippen LogP contribution in [-0.4, -0.2) is 40.9 Å². The highest BCUT2D eigenvalue weighted by Crippen LogP contribution is 2.26. The predicted octanol–water partition coefficient (Wildman–Crippen LogP) is 0.778. The average molecular weight is 271 g/mol. The van der Waals surface area contributed by atoms with Gasteiger partial charge in [0.25, 0.3) is 0 Å². The molecule has 1 rings (SSSR count). The van der Waals surface area contributed by atoms with Crippen molar-refractivity contribution in [2.45, 2.75) is 20.1 Å². The summed E-state index contributed by atoms with van der Waals surface area (Å²) in [6.45, 7) is 4.83. The molecule has 1 aromatic heterocycles. The van der Waals surface area contributed by atoms with Crippen LogP contribution in [0.25, 0.3) is 0 Å². The van der Waals surface area contributed by atoms with Crippen molar-refractivity contribution >= 4 is 17.3 Å². The highest BCUT2D eigenvalue weighted by atomic mass is 16.7. The van der Waals surface area contributed by atoms with Crippen LogP contribution in [-0.2, 0) is 9.47 Å². The summed E-state index contributed by atoms with van der Waals surface area (Å²) in [5, 5.41) is 13.7. The van der Waals surface area contributed by atoms with Gasteiger partial charge in [-0.1, -0.05) is 0 Å². The molecule has 9 nitrogen and oxygen atoms in total. The lowest BCUT2D eigenvalue weighted by Crippen LogP contribution is -2.27. The van der Waals surface area contributed by atoms with Crippen LogP contribution in [0.4, 0.5) is 17.3 Å². The fourth-order valence-electron chi connectivity index (χ4n) is 1.42. The molecular weight excluding hydrogens is 254 g/mol. The minimum absolute atomic E-state index is 0.0434. The van der Waals surface area contributed by atoms with Crippen molar-refractivity contribution < 1.29 is 14.4 Å². The van der Waals surface area contributed by atoms with Crippen LogP contribution in [0.1, 0.15) is 13.8 Å². The highest BCUT2D eigenvalue weighted by Gasteiger charge is 2.21. The van der Waals surface area contributed by atoms with E-state index in [9.17, 15) is 10.1 Å². The summed E-state index contributed by atoms with van der Waals surface area (Å²) in [5.41, 5.74) is 5.10. The summed E-state index contributed by atoms with van der Waals surface area (Å²) < 4.78 is 10.6. The first-order valence-electron chi connectivity index (χ1n) is 5.82.